The van der Waals surface area contributed by atoms with E-state index in [-0.39, 0.29) is 6.54 Å². The highest BCUT2D eigenvalue weighted by atomic mass is 19.4. The summed E-state index contributed by atoms with van der Waals surface area (Å²) < 4.78 is 61.5. The van der Waals surface area contributed by atoms with Gasteiger partial charge in [0.05, 0.1) is 5.92 Å². The molecule has 1 rings (SSSR count). The Balaban J connectivity index is 2.91. The molecule has 1 saturated heterocycles. The number of carbonyl (C=O) groups is 1. The van der Waals surface area contributed by atoms with Crippen LogP contribution in [0.5, 0.6) is 0 Å². The van der Waals surface area contributed by atoms with E-state index in [9.17, 15) is 26.7 Å². The van der Waals surface area contributed by atoms with Gasteiger partial charge in [-0.25, -0.2) is 0 Å². The Morgan fingerprint density at radius 2 is 1.80 bits per heavy atom. The maximum Gasteiger partial charge on any atom is 0.453 e. The Morgan fingerprint density at radius 3 is 2.20 bits per heavy atom. The van der Waals surface area contributed by atoms with Crippen LogP contribution in [0.4, 0.5) is 22.0 Å². The van der Waals surface area contributed by atoms with Crippen LogP contribution in [-0.4, -0.2) is 35.8 Å². The van der Waals surface area contributed by atoms with Gasteiger partial charge in [0.15, 0.2) is 0 Å². The van der Waals surface area contributed by atoms with Gasteiger partial charge >= 0.3 is 18.1 Å². The van der Waals surface area contributed by atoms with Crippen molar-refractivity contribution in [1.29, 1.82) is 0 Å². The topological polar surface area (TPSA) is 49.3 Å². The predicted molar refractivity (Wildman–Crippen MR) is 38.5 cm³/mol. The van der Waals surface area contributed by atoms with Crippen LogP contribution >= 0.6 is 0 Å². The van der Waals surface area contributed by atoms with Gasteiger partial charge in [0, 0.05) is 0 Å². The summed E-state index contributed by atoms with van der Waals surface area (Å²) in [5.74, 6) is -8.91. The first-order valence-corrected chi connectivity index (χ1v) is 4.08. The lowest BCUT2D eigenvalue weighted by molar-refractivity contribution is -0.303. The lowest BCUT2D eigenvalue weighted by Crippen LogP contribution is -2.50. The van der Waals surface area contributed by atoms with Crippen LogP contribution in [0.1, 0.15) is 6.42 Å². The molecule has 2 atom stereocenters. The third-order valence-electron chi connectivity index (χ3n) is 2.33. The average molecular weight is 233 g/mol. The number of hydrogen-bond acceptors (Lipinski definition) is 2. The van der Waals surface area contributed by atoms with E-state index in [1.54, 1.807) is 0 Å². The Bertz CT molecular complexity index is 265. The van der Waals surface area contributed by atoms with Crippen molar-refractivity contribution < 1.29 is 31.9 Å². The van der Waals surface area contributed by atoms with Gasteiger partial charge in [0.1, 0.15) is 6.04 Å². The van der Waals surface area contributed by atoms with Crippen LogP contribution < -0.4 is 5.32 Å². The SMILES string of the molecule is O=C(O)[C@H]1NCC[C@@H]1C(F)(F)C(F)(F)F. The molecule has 1 aliphatic heterocycles. The van der Waals surface area contributed by atoms with E-state index < -0.39 is 36.4 Å². The van der Waals surface area contributed by atoms with Crippen molar-refractivity contribution in [2.45, 2.75) is 24.6 Å². The fraction of sp³-hybridized carbons (Fsp3) is 0.857. The molecule has 0 unspecified atom stereocenters. The number of hydrogen-bond donors (Lipinski definition) is 2. The molecule has 0 aromatic rings. The van der Waals surface area contributed by atoms with Crippen molar-refractivity contribution in [3.05, 3.63) is 0 Å². The van der Waals surface area contributed by atoms with Crippen molar-refractivity contribution in [1.82, 2.24) is 5.32 Å². The number of aliphatic carboxylic acids is 1. The molecule has 0 spiro atoms. The fourth-order valence-electron chi connectivity index (χ4n) is 1.56. The third kappa shape index (κ3) is 2.04. The van der Waals surface area contributed by atoms with Gasteiger partial charge in [-0.3, -0.25) is 4.79 Å². The summed E-state index contributed by atoms with van der Waals surface area (Å²) in [6.07, 6.45) is -6.22. The highest BCUT2D eigenvalue weighted by Crippen LogP contribution is 2.45. The second-order valence-electron chi connectivity index (χ2n) is 3.29. The molecule has 1 fully saturated rings. The summed E-state index contributed by atoms with van der Waals surface area (Å²) in [7, 11) is 0. The number of rotatable bonds is 2. The van der Waals surface area contributed by atoms with Crippen LogP contribution in [0.3, 0.4) is 0 Å². The van der Waals surface area contributed by atoms with Gasteiger partial charge in [-0.1, -0.05) is 0 Å². The van der Waals surface area contributed by atoms with Crippen molar-refractivity contribution in [2.24, 2.45) is 5.92 Å². The highest BCUT2D eigenvalue weighted by Gasteiger charge is 2.65. The molecule has 3 nitrogen and oxygen atoms in total. The summed E-state index contributed by atoms with van der Waals surface area (Å²) >= 11 is 0. The Kier molecular flexibility index (Phi) is 2.90. The first kappa shape index (κ1) is 12.2. The Labute approximate surface area is 81.3 Å². The van der Waals surface area contributed by atoms with Crippen LogP contribution in [0, 0.1) is 5.92 Å². The van der Waals surface area contributed by atoms with Crippen molar-refractivity contribution in [2.75, 3.05) is 6.54 Å². The van der Waals surface area contributed by atoms with Crippen LogP contribution in [-0.2, 0) is 4.79 Å². The van der Waals surface area contributed by atoms with E-state index in [0.29, 0.717) is 0 Å². The standard InChI is InChI=1S/C7H8F5NO2/c8-6(9,7(10,11)12)3-1-2-13-4(3)5(14)15/h3-4,13H,1-2H2,(H,14,15)/t3-,4-/m0/s1. The number of carboxylic acid groups (broad SMARTS) is 1. The van der Waals surface area contributed by atoms with Crippen molar-refractivity contribution >= 4 is 5.97 Å². The molecule has 15 heavy (non-hydrogen) atoms. The van der Waals surface area contributed by atoms with Crippen LogP contribution in [0.15, 0.2) is 0 Å². The van der Waals surface area contributed by atoms with Crippen LogP contribution in [0.25, 0.3) is 0 Å². The van der Waals surface area contributed by atoms with Gasteiger partial charge < -0.3 is 10.4 Å². The largest absolute Gasteiger partial charge is 0.480 e. The van der Waals surface area contributed by atoms with E-state index in [1.165, 1.54) is 0 Å². The predicted octanol–water partition coefficient (Wildman–Crippen LogP) is 1.25. The van der Waals surface area contributed by atoms with Crippen molar-refractivity contribution in [3.63, 3.8) is 0 Å². The van der Waals surface area contributed by atoms with Gasteiger partial charge in [0.2, 0.25) is 0 Å². The molecule has 0 saturated carbocycles. The zero-order chi connectivity index (χ0) is 11.9. The van der Waals surface area contributed by atoms with E-state index in [2.05, 4.69) is 5.32 Å². The molecule has 0 amide bonds. The number of nitrogens with one attached hydrogen (secondary N) is 1. The zero-order valence-electron chi connectivity index (χ0n) is 7.31. The van der Waals surface area contributed by atoms with Gasteiger partial charge in [-0.05, 0) is 13.0 Å². The zero-order valence-corrected chi connectivity index (χ0v) is 7.31. The summed E-state index contributed by atoms with van der Waals surface area (Å²) in [4.78, 5) is 10.4. The number of halogens is 5. The van der Waals surface area contributed by atoms with Gasteiger partial charge in [-0.2, -0.15) is 22.0 Å². The average Bonchev–Trinajstić information content (AvgIpc) is 2.48. The number of carboxylic acids is 1. The molecule has 88 valence electrons. The minimum Gasteiger partial charge on any atom is -0.480 e. The summed E-state index contributed by atoms with van der Waals surface area (Å²) in [6, 6.07) is -1.85. The molecule has 0 aromatic heterocycles. The second kappa shape index (κ2) is 3.58. The highest BCUT2D eigenvalue weighted by molar-refractivity contribution is 5.74. The minimum atomic E-state index is -5.71. The molecule has 0 aliphatic carbocycles. The van der Waals surface area contributed by atoms with Crippen molar-refractivity contribution in [3.8, 4) is 0 Å². The molecular formula is C7H8F5NO2. The fourth-order valence-corrected chi connectivity index (χ4v) is 1.56. The maximum atomic E-state index is 12.8. The Morgan fingerprint density at radius 1 is 1.27 bits per heavy atom. The molecule has 1 aliphatic rings. The lowest BCUT2D eigenvalue weighted by atomic mass is 9.93. The summed E-state index contributed by atoms with van der Waals surface area (Å²) in [6.45, 7) is -0.159. The molecule has 0 aromatic carbocycles. The maximum absolute atomic E-state index is 12.8. The van der Waals surface area contributed by atoms with E-state index in [0.717, 1.165) is 0 Å². The minimum absolute atomic E-state index is 0.159. The third-order valence-corrected chi connectivity index (χ3v) is 2.33. The molecule has 1 heterocycles. The molecule has 0 bridgehead atoms. The second-order valence-corrected chi connectivity index (χ2v) is 3.29. The summed E-state index contributed by atoms with van der Waals surface area (Å²) in [5.41, 5.74) is 0. The smallest absolute Gasteiger partial charge is 0.453 e. The normalized spacial score (nSPS) is 28.1. The summed E-state index contributed by atoms with van der Waals surface area (Å²) in [5, 5.41) is 10.6. The number of alkyl halides is 5. The van der Waals surface area contributed by atoms with Crippen LogP contribution in [0.2, 0.25) is 0 Å². The monoisotopic (exact) mass is 233 g/mol. The Hall–Kier alpha value is -0.920. The molecule has 2 N–H and O–H groups in total. The first-order valence-electron chi connectivity index (χ1n) is 4.08. The lowest BCUT2D eigenvalue weighted by Gasteiger charge is -2.27. The first-order chi connectivity index (χ1) is 6.68. The van der Waals surface area contributed by atoms with E-state index >= 15 is 0 Å². The van der Waals surface area contributed by atoms with Gasteiger partial charge in [0.25, 0.3) is 0 Å². The van der Waals surface area contributed by atoms with E-state index in [1.807, 2.05) is 0 Å². The van der Waals surface area contributed by atoms with Gasteiger partial charge in [-0.15, -0.1) is 0 Å². The molecule has 8 heteroatoms. The molecular weight excluding hydrogens is 225 g/mol. The van der Waals surface area contributed by atoms with E-state index in [4.69, 9.17) is 5.11 Å². The molecule has 0 radical (unpaired) electrons. The quantitative estimate of drug-likeness (QED) is 0.705.